The minimum atomic E-state index is -0.204. The summed E-state index contributed by atoms with van der Waals surface area (Å²) in [6.07, 6.45) is 4.60. The van der Waals surface area contributed by atoms with E-state index in [1.807, 2.05) is 24.3 Å². The van der Waals surface area contributed by atoms with Gasteiger partial charge in [0.15, 0.2) is 0 Å². The van der Waals surface area contributed by atoms with Crippen molar-refractivity contribution >= 4 is 11.6 Å². The number of carbonyl (C=O) groups excluding carboxylic acids is 1. The molecule has 0 saturated carbocycles. The first kappa shape index (κ1) is 11.7. The smallest absolute Gasteiger partial charge is 0.247 e. The molecular weight excluding hydrogens is 238 g/mol. The molecule has 0 bridgehead atoms. The van der Waals surface area contributed by atoms with E-state index in [0.29, 0.717) is 0 Å². The van der Waals surface area contributed by atoms with Gasteiger partial charge in [-0.2, -0.15) is 5.10 Å². The van der Waals surface area contributed by atoms with Gasteiger partial charge in [-0.1, -0.05) is 18.7 Å². The number of nitrogens with one attached hydrogen (secondary N) is 2. The molecule has 1 aliphatic carbocycles. The third-order valence-corrected chi connectivity index (χ3v) is 3.40. The summed E-state index contributed by atoms with van der Waals surface area (Å²) in [5.74, 6) is -0.204. The number of anilines is 1. The normalized spacial score (nSPS) is 13.1. The van der Waals surface area contributed by atoms with Crippen molar-refractivity contribution in [3.8, 4) is 11.3 Å². The average Bonchev–Trinajstić information content (AvgIpc) is 3.01. The van der Waals surface area contributed by atoms with Crippen molar-refractivity contribution in [2.24, 2.45) is 0 Å². The standard InChI is InChI=1S/C15H15N3O/c1-2-14(19)16-11-6-3-5-10(9-11)15-12-7-4-8-13(12)17-18-15/h2-3,5-6,9H,1,4,7-8H2,(H,16,19)(H,17,18). The molecule has 1 aromatic heterocycles. The second-order valence-electron chi connectivity index (χ2n) is 4.66. The number of benzene rings is 1. The number of fused-ring (bicyclic) bond motifs is 1. The fourth-order valence-electron chi connectivity index (χ4n) is 2.50. The molecule has 0 unspecified atom stereocenters. The average molecular weight is 253 g/mol. The molecule has 1 heterocycles. The maximum absolute atomic E-state index is 11.3. The van der Waals surface area contributed by atoms with Crippen LogP contribution in [0, 0.1) is 0 Å². The van der Waals surface area contributed by atoms with Gasteiger partial charge in [0.1, 0.15) is 0 Å². The first-order valence-electron chi connectivity index (χ1n) is 6.38. The van der Waals surface area contributed by atoms with Crippen molar-refractivity contribution in [1.82, 2.24) is 10.2 Å². The maximum Gasteiger partial charge on any atom is 0.247 e. The lowest BCUT2D eigenvalue weighted by Crippen LogP contribution is -2.07. The van der Waals surface area contributed by atoms with Crippen molar-refractivity contribution < 1.29 is 4.79 Å². The van der Waals surface area contributed by atoms with Crippen LogP contribution in [0.1, 0.15) is 17.7 Å². The van der Waals surface area contributed by atoms with E-state index in [9.17, 15) is 4.79 Å². The Kier molecular flexibility index (Phi) is 2.91. The van der Waals surface area contributed by atoms with Gasteiger partial charge < -0.3 is 5.32 Å². The van der Waals surface area contributed by atoms with Crippen molar-refractivity contribution in [3.05, 3.63) is 48.2 Å². The summed E-state index contributed by atoms with van der Waals surface area (Å²) in [6, 6.07) is 7.73. The minimum absolute atomic E-state index is 0.204. The summed E-state index contributed by atoms with van der Waals surface area (Å²) < 4.78 is 0. The van der Waals surface area contributed by atoms with Crippen LogP contribution in [0.4, 0.5) is 5.69 Å². The number of hydrogen-bond donors (Lipinski definition) is 2. The third-order valence-electron chi connectivity index (χ3n) is 3.40. The topological polar surface area (TPSA) is 57.8 Å². The van der Waals surface area contributed by atoms with Gasteiger partial charge in [0.2, 0.25) is 5.91 Å². The molecule has 4 heteroatoms. The van der Waals surface area contributed by atoms with Crippen molar-refractivity contribution in [2.45, 2.75) is 19.3 Å². The second kappa shape index (κ2) is 4.72. The van der Waals surface area contributed by atoms with Crippen LogP contribution < -0.4 is 5.32 Å². The molecule has 1 aliphatic rings. The Labute approximate surface area is 111 Å². The van der Waals surface area contributed by atoms with Gasteiger partial charge in [-0.05, 0) is 37.5 Å². The minimum Gasteiger partial charge on any atom is -0.323 e. The number of amides is 1. The molecule has 0 radical (unpaired) electrons. The molecule has 0 saturated heterocycles. The zero-order chi connectivity index (χ0) is 13.2. The van der Waals surface area contributed by atoms with Crippen LogP contribution in [0.2, 0.25) is 0 Å². The number of aryl methyl sites for hydroxylation is 1. The van der Waals surface area contributed by atoms with E-state index in [2.05, 4.69) is 22.1 Å². The largest absolute Gasteiger partial charge is 0.323 e. The molecule has 0 atom stereocenters. The summed E-state index contributed by atoms with van der Waals surface area (Å²) in [4.78, 5) is 11.3. The van der Waals surface area contributed by atoms with E-state index in [4.69, 9.17) is 0 Å². The Hall–Kier alpha value is -2.36. The third kappa shape index (κ3) is 2.17. The van der Waals surface area contributed by atoms with Gasteiger partial charge in [-0.15, -0.1) is 0 Å². The highest BCUT2D eigenvalue weighted by Gasteiger charge is 2.19. The number of H-pyrrole nitrogens is 1. The number of carbonyl (C=O) groups is 1. The van der Waals surface area contributed by atoms with Crippen LogP contribution in [0.5, 0.6) is 0 Å². The number of hydrogen-bond acceptors (Lipinski definition) is 2. The molecule has 19 heavy (non-hydrogen) atoms. The molecule has 0 fully saturated rings. The zero-order valence-corrected chi connectivity index (χ0v) is 10.6. The molecule has 0 aliphatic heterocycles. The molecule has 3 rings (SSSR count). The summed E-state index contributed by atoms with van der Waals surface area (Å²) in [5, 5.41) is 10.3. The van der Waals surface area contributed by atoms with E-state index in [1.54, 1.807) is 0 Å². The fraction of sp³-hybridized carbons (Fsp3) is 0.200. The van der Waals surface area contributed by atoms with Gasteiger partial charge in [0.25, 0.3) is 0 Å². The van der Waals surface area contributed by atoms with Crippen LogP contribution in [0.15, 0.2) is 36.9 Å². The Morgan fingerprint density at radius 2 is 2.32 bits per heavy atom. The lowest BCUT2D eigenvalue weighted by atomic mass is 10.1. The summed E-state index contributed by atoms with van der Waals surface area (Å²) in [5.41, 5.74) is 5.35. The van der Waals surface area contributed by atoms with E-state index in [-0.39, 0.29) is 5.91 Å². The highest BCUT2D eigenvalue weighted by Crippen LogP contribution is 2.31. The number of nitrogens with zero attached hydrogens (tertiary/aromatic N) is 1. The van der Waals surface area contributed by atoms with Crippen LogP contribution in [0.25, 0.3) is 11.3 Å². The SMILES string of the molecule is C=CC(=O)Nc1cccc(-c2n[nH]c3c2CCC3)c1. The van der Waals surface area contributed by atoms with Crippen molar-refractivity contribution in [2.75, 3.05) is 5.32 Å². The maximum atomic E-state index is 11.3. The van der Waals surface area contributed by atoms with Gasteiger partial charge in [0.05, 0.1) is 5.69 Å². The van der Waals surface area contributed by atoms with Gasteiger partial charge in [-0.25, -0.2) is 0 Å². The Morgan fingerprint density at radius 1 is 1.42 bits per heavy atom. The van der Waals surface area contributed by atoms with E-state index in [1.165, 1.54) is 23.8 Å². The van der Waals surface area contributed by atoms with Crippen molar-refractivity contribution in [3.63, 3.8) is 0 Å². The van der Waals surface area contributed by atoms with Crippen molar-refractivity contribution in [1.29, 1.82) is 0 Å². The molecule has 2 N–H and O–H groups in total. The molecule has 1 amide bonds. The molecule has 96 valence electrons. The molecule has 0 spiro atoms. The quantitative estimate of drug-likeness (QED) is 0.826. The fourth-order valence-corrected chi connectivity index (χ4v) is 2.50. The lowest BCUT2D eigenvalue weighted by Gasteiger charge is -2.05. The molecular formula is C15H15N3O. The highest BCUT2D eigenvalue weighted by atomic mass is 16.1. The number of rotatable bonds is 3. The van der Waals surface area contributed by atoms with E-state index >= 15 is 0 Å². The number of aromatic amines is 1. The van der Waals surface area contributed by atoms with Crippen LogP contribution in [-0.2, 0) is 17.6 Å². The highest BCUT2D eigenvalue weighted by molar-refractivity contribution is 5.99. The van der Waals surface area contributed by atoms with E-state index < -0.39 is 0 Å². The second-order valence-corrected chi connectivity index (χ2v) is 4.66. The van der Waals surface area contributed by atoms with Gasteiger partial charge in [0, 0.05) is 22.5 Å². The predicted molar refractivity (Wildman–Crippen MR) is 74.9 cm³/mol. The van der Waals surface area contributed by atoms with E-state index in [0.717, 1.165) is 29.8 Å². The van der Waals surface area contributed by atoms with Gasteiger partial charge in [-0.3, -0.25) is 9.89 Å². The van der Waals surface area contributed by atoms with Crippen LogP contribution in [-0.4, -0.2) is 16.1 Å². The predicted octanol–water partition coefficient (Wildman–Crippen LogP) is 2.69. The lowest BCUT2D eigenvalue weighted by molar-refractivity contribution is -0.111. The van der Waals surface area contributed by atoms with Crippen LogP contribution >= 0.6 is 0 Å². The first-order chi connectivity index (χ1) is 9.28. The number of aromatic nitrogens is 2. The Bertz CT molecular complexity index is 643. The summed E-state index contributed by atoms with van der Waals surface area (Å²) >= 11 is 0. The van der Waals surface area contributed by atoms with Gasteiger partial charge >= 0.3 is 0 Å². The van der Waals surface area contributed by atoms with Crippen LogP contribution in [0.3, 0.4) is 0 Å². The molecule has 2 aromatic rings. The summed E-state index contributed by atoms with van der Waals surface area (Å²) in [7, 11) is 0. The summed E-state index contributed by atoms with van der Waals surface area (Å²) in [6.45, 7) is 3.45. The Balaban J connectivity index is 1.94. The monoisotopic (exact) mass is 253 g/mol. The first-order valence-corrected chi connectivity index (χ1v) is 6.38. The zero-order valence-electron chi connectivity index (χ0n) is 10.6. The molecule has 1 aromatic carbocycles. The molecule has 4 nitrogen and oxygen atoms in total. The Morgan fingerprint density at radius 3 is 3.16 bits per heavy atom.